The molecule has 7 heteroatoms. The van der Waals surface area contributed by atoms with Gasteiger partial charge in [0.15, 0.2) is 0 Å². The molecule has 0 aliphatic heterocycles. The molecule has 2 amide bonds. The van der Waals surface area contributed by atoms with E-state index in [0.717, 1.165) is 29.1 Å². The van der Waals surface area contributed by atoms with E-state index in [1.165, 1.54) is 6.08 Å². The molecule has 0 spiro atoms. The van der Waals surface area contributed by atoms with E-state index < -0.39 is 0 Å². The molecule has 1 saturated carbocycles. The minimum Gasteiger partial charge on any atom is -0.487 e. The summed E-state index contributed by atoms with van der Waals surface area (Å²) in [6, 6.07) is 14.7. The third kappa shape index (κ3) is 6.02. The van der Waals surface area contributed by atoms with Crippen molar-refractivity contribution in [3.63, 3.8) is 0 Å². The molecule has 158 valence electrons. The maximum absolute atomic E-state index is 12.4. The average molecular weight is 434 g/mol. The highest BCUT2D eigenvalue weighted by Crippen LogP contribution is 2.22. The number of nitrogens with zero attached hydrogens (tertiary/aromatic N) is 1. The van der Waals surface area contributed by atoms with Crippen molar-refractivity contribution in [1.29, 1.82) is 0 Å². The molecule has 4 rings (SSSR count). The van der Waals surface area contributed by atoms with E-state index in [4.69, 9.17) is 4.74 Å². The summed E-state index contributed by atoms with van der Waals surface area (Å²) in [5, 5.41) is 8.72. The highest BCUT2D eigenvalue weighted by atomic mass is 32.1. The molecule has 0 radical (unpaired) electrons. The van der Waals surface area contributed by atoms with Gasteiger partial charge in [-0.1, -0.05) is 24.3 Å². The first kappa shape index (κ1) is 20.8. The first-order valence-corrected chi connectivity index (χ1v) is 11.0. The van der Waals surface area contributed by atoms with Crippen LogP contribution in [0, 0.1) is 6.92 Å². The monoisotopic (exact) mass is 433 g/mol. The number of aromatic nitrogens is 1. The molecule has 0 saturated heterocycles. The van der Waals surface area contributed by atoms with Crippen molar-refractivity contribution < 1.29 is 14.3 Å². The van der Waals surface area contributed by atoms with E-state index in [1.54, 1.807) is 41.7 Å². The summed E-state index contributed by atoms with van der Waals surface area (Å²) < 4.78 is 5.88. The van der Waals surface area contributed by atoms with Gasteiger partial charge in [0.05, 0.1) is 10.7 Å². The number of para-hydroxylation sites is 1. The standard InChI is InChI=1S/C24H23N3O3S/c1-16-25-21(15-31-16)14-30-22-8-3-2-5-17(22)9-12-23(28)26-20-7-4-6-18(13-20)24(29)27-19-10-11-19/h2-9,12-13,15,19H,10-11,14H2,1H3,(H,26,28)(H,27,29)/b12-9+. The van der Waals surface area contributed by atoms with E-state index in [-0.39, 0.29) is 17.9 Å². The number of carbonyl (C=O) groups excluding carboxylic acids is 2. The van der Waals surface area contributed by atoms with Crippen LogP contribution in [0.15, 0.2) is 60.0 Å². The molecule has 1 aliphatic carbocycles. The van der Waals surface area contributed by atoms with Gasteiger partial charge in [0.2, 0.25) is 5.91 Å². The SMILES string of the molecule is Cc1nc(COc2ccccc2/C=C/C(=O)Nc2cccc(C(=O)NC3CC3)c2)cs1. The maximum atomic E-state index is 12.4. The molecule has 31 heavy (non-hydrogen) atoms. The molecule has 0 bridgehead atoms. The maximum Gasteiger partial charge on any atom is 0.251 e. The van der Waals surface area contributed by atoms with Crippen LogP contribution >= 0.6 is 11.3 Å². The number of thiazole rings is 1. The van der Waals surface area contributed by atoms with Crippen molar-refractivity contribution in [3.05, 3.63) is 81.8 Å². The number of benzene rings is 2. The third-order valence-electron chi connectivity index (χ3n) is 4.68. The van der Waals surface area contributed by atoms with Crippen LogP contribution in [0.2, 0.25) is 0 Å². The molecule has 6 nitrogen and oxygen atoms in total. The lowest BCUT2D eigenvalue weighted by molar-refractivity contribution is -0.111. The fraction of sp³-hybridized carbons (Fsp3) is 0.208. The van der Waals surface area contributed by atoms with Gasteiger partial charge in [0.1, 0.15) is 12.4 Å². The highest BCUT2D eigenvalue weighted by Gasteiger charge is 2.23. The van der Waals surface area contributed by atoms with E-state index >= 15 is 0 Å². The predicted octanol–water partition coefficient (Wildman–Crippen LogP) is 4.57. The van der Waals surface area contributed by atoms with Crippen LogP contribution in [0.1, 0.15) is 39.5 Å². The second-order valence-electron chi connectivity index (χ2n) is 7.34. The number of hydrogen-bond acceptors (Lipinski definition) is 5. The molecule has 1 aromatic heterocycles. The predicted molar refractivity (Wildman–Crippen MR) is 122 cm³/mol. The van der Waals surface area contributed by atoms with Crippen LogP contribution in [0.3, 0.4) is 0 Å². The smallest absolute Gasteiger partial charge is 0.251 e. The molecule has 2 aromatic carbocycles. The van der Waals surface area contributed by atoms with E-state index in [0.29, 0.717) is 23.6 Å². The Morgan fingerprint density at radius 1 is 1.19 bits per heavy atom. The van der Waals surface area contributed by atoms with E-state index in [9.17, 15) is 9.59 Å². The van der Waals surface area contributed by atoms with Crippen molar-refractivity contribution in [2.24, 2.45) is 0 Å². The average Bonchev–Trinajstić information content (AvgIpc) is 3.49. The molecule has 0 unspecified atom stereocenters. The van der Waals surface area contributed by atoms with Gasteiger partial charge in [-0.05, 0) is 50.1 Å². The minimum atomic E-state index is -0.287. The van der Waals surface area contributed by atoms with Gasteiger partial charge >= 0.3 is 0 Å². The Kier molecular flexibility index (Phi) is 6.43. The lowest BCUT2D eigenvalue weighted by Gasteiger charge is -2.08. The number of ether oxygens (including phenoxy) is 1. The topological polar surface area (TPSA) is 80.3 Å². The second kappa shape index (κ2) is 9.57. The Balaban J connectivity index is 1.37. The largest absolute Gasteiger partial charge is 0.487 e. The Hall–Kier alpha value is -3.45. The number of aryl methyl sites for hydroxylation is 1. The molecule has 0 atom stereocenters. The van der Waals surface area contributed by atoms with Crippen molar-refractivity contribution in [2.75, 3.05) is 5.32 Å². The Morgan fingerprint density at radius 3 is 2.81 bits per heavy atom. The number of hydrogen-bond donors (Lipinski definition) is 2. The lowest BCUT2D eigenvalue weighted by atomic mass is 10.1. The van der Waals surface area contributed by atoms with Crippen molar-refractivity contribution >= 4 is 34.9 Å². The summed E-state index contributed by atoms with van der Waals surface area (Å²) in [7, 11) is 0. The molecule has 1 aliphatic rings. The van der Waals surface area contributed by atoms with Crippen LogP contribution in [-0.2, 0) is 11.4 Å². The molecular weight excluding hydrogens is 410 g/mol. The lowest BCUT2D eigenvalue weighted by Crippen LogP contribution is -2.25. The third-order valence-corrected chi connectivity index (χ3v) is 5.50. The van der Waals surface area contributed by atoms with Crippen LogP contribution in [-0.4, -0.2) is 22.8 Å². The van der Waals surface area contributed by atoms with Gasteiger partial charge < -0.3 is 15.4 Å². The Labute approximate surface area is 185 Å². The molecule has 1 fully saturated rings. The summed E-state index contributed by atoms with van der Waals surface area (Å²) in [5.41, 5.74) is 2.78. The van der Waals surface area contributed by atoms with Gasteiger partial charge in [-0.15, -0.1) is 11.3 Å². The summed E-state index contributed by atoms with van der Waals surface area (Å²) in [5.74, 6) is 0.274. The zero-order chi connectivity index (χ0) is 21.6. The molecule has 2 N–H and O–H groups in total. The minimum absolute atomic E-state index is 0.115. The number of amides is 2. The fourth-order valence-corrected chi connectivity index (χ4v) is 3.56. The van der Waals surface area contributed by atoms with Crippen molar-refractivity contribution in [2.45, 2.75) is 32.4 Å². The van der Waals surface area contributed by atoms with Crippen LogP contribution in [0.4, 0.5) is 5.69 Å². The Morgan fingerprint density at radius 2 is 2.03 bits per heavy atom. The van der Waals surface area contributed by atoms with Gasteiger partial charge in [0, 0.05) is 34.3 Å². The number of carbonyl (C=O) groups is 2. The van der Waals surface area contributed by atoms with Gasteiger partial charge in [-0.3, -0.25) is 9.59 Å². The summed E-state index contributed by atoms with van der Waals surface area (Å²) in [4.78, 5) is 29.0. The van der Waals surface area contributed by atoms with Crippen LogP contribution in [0.25, 0.3) is 6.08 Å². The van der Waals surface area contributed by atoms with Crippen LogP contribution < -0.4 is 15.4 Å². The number of rotatable bonds is 8. The van der Waals surface area contributed by atoms with Gasteiger partial charge in [0.25, 0.3) is 5.91 Å². The first-order valence-electron chi connectivity index (χ1n) is 10.1. The summed E-state index contributed by atoms with van der Waals surface area (Å²) in [6.07, 6.45) is 5.22. The van der Waals surface area contributed by atoms with E-state index in [1.807, 2.05) is 36.6 Å². The quantitative estimate of drug-likeness (QED) is 0.510. The van der Waals surface area contributed by atoms with Crippen molar-refractivity contribution in [3.8, 4) is 5.75 Å². The summed E-state index contributed by atoms with van der Waals surface area (Å²) in [6.45, 7) is 2.33. The first-order chi connectivity index (χ1) is 15.1. The van der Waals surface area contributed by atoms with Gasteiger partial charge in [-0.25, -0.2) is 4.98 Å². The zero-order valence-electron chi connectivity index (χ0n) is 17.1. The number of anilines is 1. The zero-order valence-corrected chi connectivity index (χ0v) is 17.9. The highest BCUT2D eigenvalue weighted by molar-refractivity contribution is 7.09. The van der Waals surface area contributed by atoms with Crippen molar-refractivity contribution in [1.82, 2.24) is 10.3 Å². The normalized spacial score (nSPS) is 13.2. The van der Waals surface area contributed by atoms with E-state index in [2.05, 4.69) is 15.6 Å². The van der Waals surface area contributed by atoms with Crippen LogP contribution in [0.5, 0.6) is 5.75 Å². The molecule has 3 aromatic rings. The number of nitrogens with one attached hydrogen (secondary N) is 2. The molecular formula is C24H23N3O3S. The fourth-order valence-electron chi connectivity index (χ4n) is 2.96. The Bertz CT molecular complexity index is 1120. The second-order valence-corrected chi connectivity index (χ2v) is 8.40. The molecule has 1 heterocycles. The van der Waals surface area contributed by atoms with Gasteiger partial charge in [-0.2, -0.15) is 0 Å². The summed E-state index contributed by atoms with van der Waals surface area (Å²) >= 11 is 1.58.